The zero-order valence-corrected chi connectivity index (χ0v) is 5.30. The normalized spacial score (nSPS) is 9.29. The summed E-state index contributed by atoms with van der Waals surface area (Å²) in [5.41, 5.74) is 0. The first kappa shape index (κ1) is 5.12. The highest BCUT2D eigenvalue weighted by Crippen LogP contribution is 2.04. The molecule has 0 aliphatic rings. The third kappa shape index (κ3) is 1.17. The number of hydrogen-bond acceptors (Lipinski definition) is 3. The van der Waals surface area contributed by atoms with Crippen LogP contribution in [0.2, 0.25) is 0 Å². The second kappa shape index (κ2) is 2.33. The molecule has 3 heteroatoms. The van der Waals surface area contributed by atoms with Crippen LogP contribution in [0.1, 0.15) is 5.01 Å². The highest BCUT2D eigenvalue weighted by Gasteiger charge is 1.86. The maximum Gasteiger partial charge on any atom is 0.103 e. The Morgan fingerprint density at radius 1 is 2.00 bits per heavy atom. The predicted molar refractivity (Wildman–Crippen MR) is 33.6 cm³/mol. The molecule has 0 spiro atoms. The van der Waals surface area contributed by atoms with Crippen LogP contribution in [-0.2, 0) is 5.75 Å². The molecule has 0 aromatic carbocycles. The molecule has 1 heterocycles. The van der Waals surface area contributed by atoms with Crippen molar-refractivity contribution in [2.24, 2.45) is 0 Å². The number of aromatic nitrogens is 1. The van der Waals surface area contributed by atoms with Gasteiger partial charge in [-0.1, -0.05) is 0 Å². The first-order valence-electron chi connectivity index (χ1n) is 1.85. The zero-order valence-electron chi connectivity index (χ0n) is 3.59. The van der Waals surface area contributed by atoms with Gasteiger partial charge in [-0.25, -0.2) is 4.98 Å². The first-order valence-corrected chi connectivity index (χ1v) is 3.36. The third-order valence-electron chi connectivity index (χ3n) is 0.572. The standard InChI is InChI=1S/C4H4NS2/c6-3-4-5-1-2-7-4/h2,6H,3H2. The number of rotatable bonds is 1. The summed E-state index contributed by atoms with van der Waals surface area (Å²) in [7, 11) is 0. The number of thiol groups is 1. The van der Waals surface area contributed by atoms with E-state index in [0.29, 0.717) is 0 Å². The van der Waals surface area contributed by atoms with Gasteiger partial charge in [0.05, 0.1) is 0 Å². The van der Waals surface area contributed by atoms with E-state index in [1.807, 2.05) is 5.38 Å². The summed E-state index contributed by atoms with van der Waals surface area (Å²) in [6, 6.07) is 0. The highest BCUT2D eigenvalue weighted by molar-refractivity contribution is 7.79. The average molecular weight is 130 g/mol. The van der Waals surface area contributed by atoms with E-state index in [-0.39, 0.29) is 0 Å². The van der Waals surface area contributed by atoms with Crippen molar-refractivity contribution >= 4 is 24.0 Å². The molecule has 0 bridgehead atoms. The second-order valence-corrected chi connectivity index (χ2v) is 2.29. The van der Waals surface area contributed by atoms with Crippen molar-refractivity contribution in [3.05, 3.63) is 16.6 Å². The number of thiazole rings is 1. The molecule has 37 valence electrons. The van der Waals surface area contributed by atoms with E-state index in [4.69, 9.17) is 0 Å². The minimum Gasteiger partial charge on any atom is -0.239 e. The molecule has 1 radical (unpaired) electrons. The van der Waals surface area contributed by atoms with Gasteiger partial charge in [0.2, 0.25) is 0 Å². The summed E-state index contributed by atoms with van der Waals surface area (Å²) in [4.78, 5) is 3.85. The van der Waals surface area contributed by atoms with Crippen LogP contribution < -0.4 is 0 Å². The van der Waals surface area contributed by atoms with Crippen molar-refractivity contribution in [3.8, 4) is 0 Å². The predicted octanol–water partition coefficient (Wildman–Crippen LogP) is 1.37. The molecule has 0 atom stereocenters. The van der Waals surface area contributed by atoms with Crippen molar-refractivity contribution in [1.29, 1.82) is 0 Å². The van der Waals surface area contributed by atoms with E-state index in [2.05, 4.69) is 23.8 Å². The lowest BCUT2D eigenvalue weighted by Crippen LogP contribution is -1.68. The fourth-order valence-corrected chi connectivity index (χ4v) is 1.01. The van der Waals surface area contributed by atoms with Gasteiger partial charge in [-0.15, -0.1) is 11.3 Å². The Morgan fingerprint density at radius 3 is 3.14 bits per heavy atom. The van der Waals surface area contributed by atoms with E-state index in [9.17, 15) is 0 Å². The molecular formula is C4H4NS2. The molecular weight excluding hydrogens is 126 g/mol. The lowest BCUT2D eigenvalue weighted by molar-refractivity contribution is 1.26. The van der Waals surface area contributed by atoms with Gasteiger partial charge in [0, 0.05) is 11.1 Å². The van der Waals surface area contributed by atoms with Crippen LogP contribution in [0, 0.1) is 6.20 Å². The van der Waals surface area contributed by atoms with Gasteiger partial charge in [0.15, 0.2) is 0 Å². The molecule has 0 fully saturated rings. The second-order valence-electron chi connectivity index (χ2n) is 1.03. The first-order chi connectivity index (χ1) is 3.43. The van der Waals surface area contributed by atoms with Crippen molar-refractivity contribution < 1.29 is 0 Å². The van der Waals surface area contributed by atoms with Gasteiger partial charge < -0.3 is 0 Å². The van der Waals surface area contributed by atoms with Crippen molar-refractivity contribution in [3.63, 3.8) is 0 Å². The van der Waals surface area contributed by atoms with E-state index >= 15 is 0 Å². The third-order valence-corrected chi connectivity index (χ3v) is 1.82. The Hall–Kier alpha value is -0.0200. The zero-order chi connectivity index (χ0) is 5.11. The molecule has 0 unspecified atom stereocenters. The molecule has 1 rings (SSSR count). The van der Waals surface area contributed by atoms with Crippen LogP contribution in [0.4, 0.5) is 0 Å². The van der Waals surface area contributed by atoms with E-state index < -0.39 is 0 Å². The molecule has 1 aromatic heterocycles. The minimum absolute atomic E-state index is 0.730. The Bertz CT molecular complexity index is 124. The number of nitrogens with zero attached hydrogens (tertiary/aromatic N) is 1. The molecule has 0 saturated heterocycles. The number of hydrogen-bond donors (Lipinski definition) is 1. The van der Waals surface area contributed by atoms with Gasteiger partial charge in [-0.05, 0) is 0 Å². The van der Waals surface area contributed by atoms with Gasteiger partial charge in [0.25, 0.3) is 0 Å². The van der Waals surface area contributed by atoms with Crippen LogP contribution in [0.15, 0.2) is 5.38 Å². The fourth-order valence-electron chi connectivity index (χ4n) is 0.292. The minimum atomic E-state index is 0.730. The molecule has 0 aliphatic heterocycles. The monoisotopic (exact) mass is 130 g/mol. The topological polar surface area (TPSA) is 12.9 Å². The van der Waals surface area contributed by atoms with Gasteiger partial charge in [0.1, 0.15) is 11.2 Å². The molecule has 0 amide bonds. The largest absolute Gasteiger partial charge is 0.239 e. The molecule has 1 nitrogen and oxygen atoms in total. The van der Waals surface area contributed by atoms with Gasteiger partial charge >= 0.3 is 0 Å². The van der Waals surface area contributed by atoms with Crippen LogP contribution in [-0.4, -0.2) is 4.98 Å². The van der Waals surface area contributed by atoms with Crippen LogP contribution >= 0.6 is 24.0 Å². The summed E-state index contributed by atoms with van der Waals surface area (Å²) in [6.07, 6.45) is 2.70. The maximum absolute atomic E-state index is 4.00. The summed E-state index contributed by atoms with van der Waals surface area (Å²) in [6.45, 7) is 0. The molecule has 1 aromatic rings. The maximum atomic E-state index is 4.00. The van der Waals surface area contributed by atoms with Crippen LogP contribution in [0.3, 0.4) is 0 Å². The summed E-state index contributed by atoms with van der Waals surface area (Å²) < 4.78 is 0. The Balaban J connectivity index is 2.76. The SMILES string of the molecule is SCc1n[c]cs1. The Labute approximate surface area is 51.8 Å². The quantitative estimate of drug-likeness (QED) is 0.566. The highest BCUT2D eigenvalue weighted by atomic mass is 32.1. The molecule has 0 N–H and O–H groups in total. The van der Waals surface area contributed by atoms with E-state index in [1.165, 1.54) is 0 Å². The summed E-state index contributed by atoms with van der Waals surface area (Å²) >= 11 is 5.58. The van der Waals surface area contributed by atoms with Crippen molar-refractivity contribution in [2.75, 3.05) is 0 Å². The Morgan fingerprint density at radius 2 is 2.86 bits per heavy atom. The van der Waals surface area contributed by atoms with Gasteiger partial charge in [-0.2, -0.15) is 12.6 Å². The lowest BCUT2D eigenvalue weighted by atomic mass is 10.8. The molecule has 0 saturated carbocycles. The van der Waals surface area contributed by atoms with Crippen LogP contribution in [0.25, 0.3) is 0 Å². The van der Waals surface area contributed by atoms with E-state index in [1.54, 1.807) is 11.3 Å². The lowest BCUT2D eigenvalue weighted by Gasteiger charge is -1.76. The van der Waals surface area contributed by atoms with Crippen LogP contribution in [0.5, 0.6) is 0 Å². The molecule has 7 heavy (non-hydrogen) atoms. The van der Waals surface area contributed by atoms with Crippen molar-refractivity contribution in [2.45, 2.75) is 5.75 Å². The Kier molecular flexibility index (Phi) is 1.70. The summed E-state index contributed by atoms with van der Waals surface area (Å²) in [5.74, 6) is 0.730. The summed E-state index contributed by atoms with van der Waals surface area (Å²) in [5, 5.41) is 2.86. The smallest absolute Gasteiger partial charge is 0.103 e. The van der Waals surface area contributed by atoms with Crippen molar-refractivity contribution in [1.82, 2.24) is 4.98 Å². The van der Waals surface area contributed by atoms with E-state index in [0.717, 1.165) is 10.8 Å². The average Bonchev–Trinajstić information content (AvgIpc) is 2.14. The van der Waals surface area contributed by atoms with Gasteiger partial charge in [-0.3, -0.25) is 0 Å². The molecule has 0 aliphatic carbocycles. The fraction of sp³-hybridized carbons (Fsp3) is 0.250.